The largest absolute Gasteiger partial charge is 0.437 e. The molecule has 0 radical (unpaired) electrons. The zero-order valence-corrected chi connectivity index (χ0v) is 21.7. The minimum Gasteiger partial charge on any atom is -0.437 e. The number of para-hydroxylation sites is 1. The molecule has 4 aromatic rings. The van der Waals surface area contributed by atoms with Crippen molar-refractivity contribution in [3.05, 3.63) is 89.1 Å². The van der Waals surface area contributed by atoms with Crippen LogP contribution in [0.3, 0.4) is 0 Å². The summed E-state index contributed by atoms with van der Waals surface area (Å²) in [5, 5.41) is 13.8. The Bertz CT molecular complexity index is 1220. The highest BCUT2D eigenvalue weighted by atomic mass is 32.1. The van der Waals surface area contributed by atoms with Crippen LogP contribution in [0.2, 0.25) is 0 Å². The highest BCUT2D eigenvalue weighted by molar-refractivity contribution is 7.15. The van der Waals surface area contributed by atoms with Gasteiger partial charge in [0.25, 0.3) is 0 Å². The Morgan fingerprint density at radius 1 is 0.943 bits per heavy atom. The average Bonchev–Trinajstić information content (AvgIpc) is 3.28. The average molecular weight is 488 g/mol. The second-order valence-corrected chi connectivity index (χ2v) is 10.7. The summed E-state index contributed by atoms with van der Waals surface area (Å²) < 4.78 is 6.26. The van der Waals surface area contributed by atoms with E-state index in [1.54, 1.807) is 17.5 Å². The van der Waals surface area contributed by atoms with Crippen molar-refractivity contribution in [2.24, 2.45) is 0 Å². The van der Waals surface area contributed by atoms with E-state index in [4.69, 9.17) is 4.74 Å². The zero-order valence-electron chi connectivity index (χ0n) is 20.9. The molecule has 0 saturated carbocycles. The Morgan fingerprint density at radius 3 is 2.51 bits per heavy atom. The van der Waals surface area contributed by atoms with Crippen LogP contribution in [-0.2, 0) is 18.4 Å². The van der Waals surface area contributed by atoms with Gasteiger partial charge in [0.15, 0.2) is 0 Å². The van der Waals surface area contributed by atoms with Gasteiger partial charge < -0.3 is 15.0 Å². The molecule has 0 aliphatic carbocycles. The molecule has 0 spiro atoms. The Labute approximate surface area is 212 Å². The Hall–Kier alpha value is -3.29. The van der Waals surface area contributed by atoms with Crippen molar-refractivity contribution in [2.75, 3.05) is 18.9 Å². The number of aryl methyl sites for hydroxylation is 1. The minimum absolute atomic E-state index is 0.0394. The molecular formula is C28H33N5OS. The third kappa shape index (κ3) is 7.10. The highest BCUT2D eigenvalue weighted by Crippen LogP contribution is 2.36. The maximum absolute atomic E-state index is 6.26. The fourth-order valence-electron chi connectivity index (χ4n) is 3.84. The number of rotatable bonds is 10. The van der Waals surface area contributed by atoms with Crippen molar-refractivity contribution in [1.29, 1.82) is 0 Å². The highest BCUT2D eigenvalue weighted by Gasteiger charge is 2.20. The van der Waals surface area contributed by atoms with Crippen LogP contribution in [0, 0.1) is 0 Å². The van der Waals surface area contributed by atoms with Gasteiger partial charge in [0.05, 0.1) is 0 Å². The van der Waals surface area contributed by atoms with Crippen molar-refractivity contribution in [2.45, 2.75) is 45.6 Å². The van der Waals surface area contributed by atoms with Crippen molar-refractivity contribution in [3.63, 3.8) is 0 Å². The zero-order chi connectivity index (χ0) is 24.7. The fourth-order valence-corrected chi connectivity index (χ4v) is 4.64. The first-order chi connectivity index (χ1) is 16.9. The van der Waals surface area contributed by atoms with Crippen LogP contribution in [0.4, 0.5) is 10.8 Å². The molecule has 6 nitrogen and oxygen atoms in total. The molecule has 0 fully saturated rings. The standard InChI is InChI=1S/C28H33N5OS/c1-28(2,3)22-14-8-9-16-24(22)34-26-23(15-10-18-29-26)30-27-32-31-25(35-27)17-11-19-33(4)20-21-12-6-5-7-13-21/h5-10,12-16,18H,11,17,19-20H2,1-4H3,(H,30,32). The first kappa shape index (κ1) is 24.8. The smallest absolute Gasteiger partial charge is 0.243 e. The Balaban J connectivity index is 1.35. The van der Waals surface area contributed by atoms with Crippen LogP contribution in [0.15, 0.2) is 72.9 Å². The molecule has 0 bridgehead atoms. The summed E-state index contributed by atoms with van der Waals surface area (Å²) >= 11 is 1.57. The summed E-state index contributed by atoms with van der Waals surface area (Å²) in [6.45, 7) is 8.48. The van der Waals surface area contributed by atoms with E-state index in [2.05, 4.69) is 89.6 Å². The SMILES string of the molecule is CN(CCCc1nnc(Nc2cccnc2Oc2ccccc2C(C)(C)C)s1)Cc1ccccc1. The van der Waals surface area contributed by atoms with Gasteiger partial charge in [0.2, 0.25) is 11.0 Å². The van der Waals surface area contributed by atoms with Gasteiger partial charge in [-0.1, -0.05) is 80.6 Å². The van der Waals surface area contributed by atoms with Gasteiger partial charge in [-0.05, 0) is 49.2 Å². The van der Waals surface area contributed by atoms with Crippen LogP contribution in [0.5, 0.6) is 11.6 Å². The topological polar surface area (TPSA) is 63.2 Å². The van der Waals surface area contributed by atoms with Gasteiger partial charge in [-0.25, -0.2) is 4.98 Å². The molecule has 0 aliphatic heterocycles. The summed E-state index contributed by atoms with van der Waals surface area (Å²) in [7, 11) is 2.15. The Morgan fingerprint density at radius 2 is 1.71 bits per heavy atom. The van der Waals surface area contributed by atoms with E-state index in [1.165, 1.54) is 5.56 Å². The summed E-state index contributed by atoms with van der Waals surface area (Å²) in [6, 6.07) is 22.5. The van der Waals surface area contributed by atoms with Crippen molar-refractivity contribution in [1.82, 2.24) is 20.1 Å². The van der Waals surface area contributed by atoms with Crippen LogP contribution in [-0.4, -0.2) is 33.7 Å². The summed E-state index contributed by atoms with van der Waals surface area (Å²) in [6.07, 6.45) is 3.66. The first-order valence-electron chi connectivity index (χ1n) is 11.9. The van der Waals surface area contributed by atoms with Crippen LogP contribution in [0.25, 0.3) is 0 Å². The molecule has 7 heteroatoms. The predicted molar refractivity (Wildman–Crippen MR) is 144 cm³/mol. The lowest BCUT2D eigenvalue weighted by Gasteiger charge is -2.22. The van der Waals surface area contributed by atoms with E-state index in [0.29, 0.717) is 5.88 Å². The van der Waals surface area contributed by atoms with E-state index < -0.39 is 0 Å². The maximum Gasteiger partial charge on any atom is 0.243 e. The quantitative estimate of drug-likeness (QED) is 0.264. The van der Waals surface area contributed by atoms with Gasteiger partial charge in [0.1, 0.15) is 16.4 Å². The molecule has 35 heavy (non-hydrogen) atoms. The molecule has 2 aromatic heterocycles. The molecule has 0 saturated heterocycles. The lowest BCUT2D eigenvalue weighted by atomic mass is 9.86. The van der Waals surface area contributed by atoms with E-state index in [-0.39, 0.29) is 5.41 Å². The van der Waals surface area contributed by atoms with Crippen LogP contribution in [0.1, 0.15) is 43.3 Å². The number of benzene rings is 2. The summed E-state index contributed by atoms with van der Waals surface area (Å²) in [5.74, 6) is 1.32. The number of hydrogen-bond acceptors (Lipinski definition) is 7. The number of nitrogens with one attached hydrogen (secondary N) is 1. The van der Waals surface area contributed by atoms with E-state index in [1.807, 2.05) is 30.3 Å². The Kier molecular flexibility index (Phi) is 8.10. The molecule has 2 heterocycles. The second kappa shape index (κ2) is 11.4. The van der Waals surface area contributed by atoms with E-state index in [9.17, 15) is 0 Å². The third-order valence-electron chi connectivity index (χ3n) is 5.61. The lowest BCUT2D eigenvalue weighted by Crippen LogP contribution is -2.19. The number of pyridine rings is 1. The van der Waals surface area contributed by atoms with Crippen molar-refractivity contribution < 1.29 is 4.74 Å². The fraction of sp³-hybridized carbons (Fsp3) is 0.321. The molecule has 0 atom stereocenters. The monoisotopic (exact) mass is 487 g/mol. The lowest BCUT2D eigenvalue weighted by molar-refractivity contribution is 0.322. The first-order valence-corrected chi connectivity index (χ1v) is 12.7. The molecule has 2 aromatic carbocycles. The molecule has 1 N–H and O–H groups in total. The summed E-state index contributed by atoms with van der Waals surface area (Å²) in [4.78, 5) is 6.81. The predicted octanol–water partition coefficient (Wildman–Crippen LogP) is 6.83. The number of anilines is 2. The minimum atomic E-state index is -0.0394. The van der Waals surface area contributed by atoms with E-state index >= 15 is 0 Å². The molecule has 0 unspecified atom stereocenters. The molecular weight excluding hydrogens is 454 g/mol. The normalized spacial score (nSPS) is 11.6. The number of aromatic nitrogens is 3. The summed E-state index contributed by atoms with van der Waals surface area (Å²) in [5.41, 5.74) is 3.19. The van der Waals surface area contributed by atoms with E-state index in [0.717, 1.165) is 53.1 Å². The van der Waals surface area contributed by atoms with Gasteiger partial charge in [-0.3, -0.25) is 0 Å². The number of hydrogen-bond donors (Lipinski definition) is 1. The molecule has 182 valence electrons. The van der Waals surface area contributed by atoms with Gasteiger partial charge in [0, 0.05) is 24.7 Å². The van der Waals surface area contributed by atoms with Crippen LogP contribution < -0.4 is 10.1 Å². The second-order valence-electron chi connectivity index (χ2n) is 9.66. The van der Waals surface area contributed by atoms with Gasteiger partial charge in [-0.2, -0.15) is 0 Å². The molecule has 4 rings (SSSR count). The van der Waals surface area contributed by atoms with Gasteiger partial charge in [-0.15, -0.1) is 10.2 Å². The third-order valence-corrected chi connectivity index (χ3v) is 6.51. The maximum atomic E-state index is 6.26. The van der Waals surface area contributed by atoms with Crippen LogP contribution >= 0.6 is 11.3 Å². The molecule has 0 aliphatic rings. The molecule has 0 amide bonds. The number of nitrogens with zero attached hydrogens (tertiary/aromatic N) is 4. The van der Waals surface area contributed by atoms with Crippen molar-refractivity contribution in [3.8, 4) is 11.6 Å². The number of ether oxygens (including phenoxy) is 1. The van der Waals surface area contributed by atoms with Gasteiger partial charge >= 0.3 is 0 Å². The van der Waals surface area contributed by atoms with Crippen molar-refractivity contribution >= 4 is 22.2 Å².